The largest absolute Gasteiger partial charge is 0.497 e. The normalized spacial score (nSPS) is 14.1. The maximum atomic E-state index is 12.6. The Morgan fingerprint density at radius 3 is 2.62 bits per heavy atom. The van der Waals surface area contributed by atoms with Gasteiger partial charge in [0.05, 0.1) is 19.9 Å². The van der Waals surface area contributed by atoms with Gasteiger partial charge in [0.1, 0.15) is 17.2 Å². The van der Waals surface area contributed by atoms with E-state index < -0.39 is 6.10 Å². The van der Waals surface area contributed by atoms with Crippen molar-refractivity contribution in [2.45, 2.75) is 38.7 Å². The Morgan fingerprint density at radius 2 is 1.85 bits per heavy atom. The number of aryl methyl sites for hydroxylation is 1. The van der Waals surface area contributed by atoms with Crippen molar-refractivity contribution < 1.29 is 19.0 Å². The number of methoxy groups -OCH3 is 2. The monoisotopic (exact) mass is 355 g/mol. The van der Waals surface area contributed by atoms with Crippen molar-refractivity contribution in [1.29, 1.82) is 0 Å². The Bertz CT molecular complexity index is 788. The summed E-state index contributed by atoms with van der Waals surface area (Å²) in [5.41, 5.74) is 3.12. The SMILES string of the molecule is COc1ccc(OC)c(NC(=O)[C@@H](C)Oc2cccc3c2CCCC3)c1. The molecule has 0 unspecified atom stereocenters. The summed E-state index contributed by atoms with van der Waals surface area (Å²) in [6, 6.07) is 11.4. The number of carbonyl (C=O) groups is 1. The summed E-state index contributed by atoms with van der Waals surface area (Å²) < 4.78 is 16.5. The van der Waals surface area contributed by atoms with Crippen molar-refractivity contribution >= 4 is 11.6 Å². The topological polar surface area (TPSA) is 56.8 Å². The molecule has 0 spiro atoms. The highest BCUT2D eigenvalue weighted by atomic mass is 16.5. The minimum Gasteiger partial charge on any atom is -0.497 e. The lowest BCUT2D eigenvalue weighted by atomic mass is 9.91. The van der Waals surface area contributed by atoms with Gasteiger partial charge in [-0.05, 0) is 61.9 Å². The Morgan fingerprint density at radius 1 is 1.04 bits per heavy atom. The summed E-state index contributed by atoms with van der Waals surface area (Å²) in [5.74, 6) is 1.79. The summed E-state index contributed by atoms with van der Waals surface area (Å²) in [6.07, 6.45) is 3.83. The highest BCUT2D eigenvalue weighted by Crippen LogP contribution is 2.31. The van der Waals surface area contributed by atoms with Crippen LogP contribution in [0.5, 0.6) is 17.2 Å². The molecule has 26 heavy (non-hydrogen) atoms. The van der Waals surface area contributed by atoms with Crippen LogP contribution in [0.25, 0.3) is 0 Å². The molecular formula is C21H25NO4. The maximum Gasteiger partial charge on any atom is 0.265 e. The molecule has 138 valence electrons. The molecule has 0 aliphatic heterocycles. The van der Waals surface area contributed by atoms with Crippen molar-refractivity contribution in [3.05, 3.63) is 47.5 Å². The van der Waals surface area contributed by atoms with Crippen LogP contribution in [0.4, 0.5) is 5.69 Å². The fourth-order valence-electron chi connectivity index (χ4n) is 3.25. The number of nitrogens with one attached hydrogen (secondary N) is 1. The lowest BCUT2D eigenvalue weighted by Crippen LogP contribution is -2.30. The van der Waals surface area contributed by atoms with Crippen LogP contribution in [0.3, 0.4) is 0 Å². The smallest absolute Gasteiger partial charge is 0.265 e. The van der Waals surface area contributed by atoms with Gasteiger partial charge in [-0.25, -0.2) is 0 Å². The fourth-order valence-corrected chi connectivity index (χ4v) is 3.25. The number of hydrogen-bond donors (Lipinski definition) is 1. The third kappa shape index (κ3) is 3.93. The van der Waals surface area contributed by atoms with Gasteiger partial charge in [-0.15, -0.1) is 0 Å². The lowest BCUT2D eigenvalue weighted by molar-refractivity contribution is -0.122. The Balaban J connectivity index is 1.73. The molecule has 3 rings (SSSR count). The number of anilines is 1. The van der Waals surface area contributed by atoms with Crippen molar-refractivity contribution in [3.8, 4) is 17.2 Å². The summed E-state index contributed by atoms with van der Waals surface area (Å²) in [7, 11) is 3.14. The molecule has 1 N–H and O–H groups in total. The van der Waals surface area contributed by atoms with E-state index >= 15 is 0 Å². The minimum atomic E-state index is -0.626. The first-order valence-corrected chi connectivity index (χ1v) is 8.92. The molecule has 0 bridgehead atoms. The number of ether oxygens (including phenoxy) is 3. The zero-order chi connectivity index (χ0) is 18.5. The van der Waals surface area contributed by atoms with E-state index in [-0.39, 0.29) is 5.91 Å². The summed E-state index contributed by atoms with van der Waals surface area (Å²) in [6.45, 7) is 1.75. The van der Waals surface area contributed by atoms with E-state index in [4.69, 9.17) is 14.2 Å². The van der Waals surface area contributed by atoms with Crippen LogP contribution < -0.4 is 19.5 Å². The second kappa shape index (κ2) is 8.13. The van der Waals surface area contributed by atoms with Gasteiger partial charge in [-0.3, -0.25) is 4.79 Å². The number of hydrogen-bond acceptors (Lipinski definition) is 4. The highest BCUT2D eigenvalue weighted by Gasteiger charge is 2.20. The molecule has 1 atom stereocenters. The average molecular weight is 355 g/mol. The quantitative estimate of drug-likeness (QED) is 0.851. The molecule has 2 aromatic carbocycles. The second-order valence-corrected chi connectivity index (χ2v) is 6.42. The first-order chi connectivity index (χ1) is 12.6. The Hall–Kier alpha value is -2.69. The van der Waals surface area contributed by atoms with Crippen molar-refractivity contribution in [1.82, 2.24) is 0 Å². The zero-order valence-corrected chi connectivity index (χ0v) is 15.5. The van der Waals surface area contributed by atoms with Crippen LogP contribution in [0.1, 0.15) is 30.9 Å². The van der Waals surface area contributed by atoms with E-state index in [1.165, 1.54) is 17.5 Å². The van der Waals surface area contributed by atoms with E-state index in [1.807, 2.05) is 12.1 Å². The molecule has 1 aliphatic rings. The molecular weight excluding hydrogens is 330 g/mol. The molecule has 0 saturated carbocycles. The summed E-state index contributed by atoms with van der Waals surface area (Å²) in [4.78, 5) is 12.6. The Kier molecular flexibility index (Phi) is 5.66. The Labute approximate surface area is 154 Å². The molecule has 2 aromatic rings. The molecule has 1 amide bonds. The predicted octanol–water partition coefficient (Wildman–Crippen LogP) is 3.99. The van der Waals surface area contributed by atoms with E-state index in [0.29, 0.717) is 17.2 Å². The van der Waals surface area contributed by atoms with E-state index in [9.17, 15) is 4.79 Å². The van der Waals surface area contributed by atoms with Gasteiger partial charge in [0.25, 0.3) is 5.91 Å². The highest BCUT2D eigenvalue weighted by molar-refractivity contribution is 5.95. The first-order valence-electron chi connectivity index (χ1n) is 8.92. The predicted molar refractivity (Wildman–Crippen MR) is 101 cm³/mol. The lowest BCUT2D eigenvalue weighted by Gasteiger charge is -2.22. The number of carbonyl (C=O) groups excluding carboxylic acids is 1. The molecule has 0 radical (unpaired) electrons. The number of benzene rings is 2. The maximum absolute atomic E-state index is 12.6. The third-order valence-electron chi connectivity index (χ3n) is 4.69. The van der Waals surface area contributed by atoms with Crippen LogP contribution in [-0.2, 0) is 17.6 Å². The average Bonchev–Trinajstić information content (AvgIpc) is 2.68. The van der Waals surface area contributed by atoms with Crippen LogP contribution >= 0.6 is 0 Å². The number of amides is 1. The van der Waals surface area contributed by atoms with Gasteiger partial charge in [-0.2, -0.15) is 0 Å². The first kappa shape index (κ1) is 18.1. The van der Waals surface area contributed by atoms with Gasteiger partial charge >= 0.3 is 0 Å². The molecule has 5 nitrogen and oxygen atoms in total. The van der Waals surface area contributed by atoms with Crippen molar-refractivity contribution in [2.75, 3.05) is 19.5 Å². The number of fused-ring (bicyclic) bond motifs is 1. The van der Waals surface area contributed by atoms with Gasteiger partial charge in [0, 0.05) is 6.07 Å². The molecule has 0 fully saturated rings. The fraction of sp³-hybridized carbons (Fsp3) is 0.381. The summed E-state index contributed by atoms with van der Waals surface area (Å²) in [5, 5.41) is 2.87. The molecule has 0 saturated heterocycles. The third-order valence-corrected chi connectivity index (χ3v) is 4.69. The molecule has 0 heterocycles. The van der Waals surface area contributed by atoms with E-state index in [0.717, 1.165) is 25.0 Å². The number of rotatable bonds is 6. The van der Waals surface area contributed by atoms with Gasteiger partial charge in [0.15, 0.2) is 6.10 Å². The van der Waals surface area contributed by atoms with Gasteiger partial charge < -0.3 is 19.5 Å². The van der Waals surface area contributed by atoms with Crippen LogP contribution in [0, 0.1) is 0 Å². The molecule has 0 aromatic heterocycles. The van der Waals surface area contributed by atoms with Gasteiger partial charge in [0.2, 0.25) is 0 Å². The summed E-state index contributed by atoms with van der Waals surface area (Å²) >= 11 is 0. The van der Waals surface area contributed by atoms with Crippen LogP contribution in [-0.4, -0.2) is 26.2 Å². The molecule has 5 heteroatoms. The van der Waals surface area contributed by atoms with E-state index in [2.05, 4.69) is 11.4 Å². The van der Waals surface area contributed by atoms with Crippen molar-refractivity contribution in [3.63, 3.8) is 0 Å². The molecule has 1 aliphatic carbocycles. The standard InChI is InChI=1S/C21H25NO4/c1-14(26-19-10-6-8-15-7-4-5-9-17(15)19)21(23)22-18-13-16(24-2)11-12-20(18)25-3/h6,8,10-14H,4-5,7,9H2,1-3H3,(H,22,23)/t14-/m1/s1. The van der Waals surface area contributed by atoms with Crippen molar-refractivity contribution in [2.24, 2.45) is 0 Å². The minimum absolute atomic E-state index is 0.232. The van der Waals surface area contributed by atoms with Crippen LogP contribution in [0.2, 0.25) is 0 Å². The van der Waals surface area contributed by atoms with Gasteiger partial charge in [-0.1, -0.05) is 12.1 Å². The zero-order valence-electron chi connectivity index (χ0n) is 15.5. The van der Waals surface area contributed by atoms with Crippen LogP contribution in [0.15, 0.2) is 36.4 Å². The second-order valence-electron chi connectivity index (χ2n) is 6.42. The van der Waals surface area contributed by atoms with E-state index in [1.54, 1.807) is 39.3 Å².